The lowest BCUT2D eigenvalue weighted by molar-refractivity contribution is 0.195. The molecule has 0 aliphatic heterocycles. The molecule has 0 fully saturated rings. The summed E-state index contributed by atoms with van der Waals surface area (Å²) in [5.41, 5.74) is 1.37. The van der Waals surface area contributed by atoms with Crippen LogP contribution in [0.5, 0.6) is 5.75 Å². The fourth-order valence-electron chi connectivity index (χ4n) is 1.68. The average molecular weight is 299 g/mol. The summed E-state index contributed by atoms with van der Waals surface area (Å²) in [6.45, 7) is 5.89. The summed E-state index contributed by atoms with van der Waals surface area (Å²) in [6, 6.07) is 3.06. The zero-order valence-corrected chi connectivity index (χ0v) is 12.4. The molecule has 20 heavy (non-hydrogen) atoms. The molecule has 0 saturated heterocycles. The largest absolute Gasteiger partial charge is 0.495 e. The van der Waals surface area contributed by atoms with E-state index in [-0.39, 0.29) is 19.2 Å². The minimum absolute atomic E-state index is 0.113. The number of urea groups is 1. The van der Waals surface area contributed by atoms with Gasteiger partial charge in [0.05, 0.1) is 19.4 Å². The molecule has 110 valence electrons. The van der Waals surface area contributed by atoms with Crippen molar-refractivity contribution in [2.45, 2.75) is 6.92 Å². The van der Waals surface area contributed by atoms with Crippen LogP contribution in [0.25, 0.3) is 0 Å². The smallest absolute Gasteiger partial charge is 0.322 e. The zero-order valence-electron chi connectivity index (χ0n) is 11.6. The number of aliphatic hydroxyl groups is 1. The quantitative estimate of drug-likeness (QED) is 0.794. The molecule has 0 unspecified atom stereocenters. The summed E-state index contributed by atoms with van der Waals surface area (Å²) in [5.74, 6) is 0.483. The van der Waals surface area contributed by atoms with Crippen LogP contribution in [0.1, 0.15) is 5.56 Å². The number of carbonyl (C=O) groups is 1. The Morgan fingerprint density at radius 3 is 2.85 bits per heavy atom. The van der Waals surface area contributed by atoms with Crippen LogP contribution in [0.2, 0.25) is 5.02 Å². The number of ether oxygens (including phenoxy) is 1. The molecule has 2 N–H and O–H groups in total. The maximum atomic E-state index is 12.1. The van der Waals surface area contributed by atoms with Gasteiger partial charge in [0.25, 0.3) is 0 Å². The molecule has 1 aromatic rings. The second kappa shape index (κ2) is 7.77. The fraction of sp³-hybridized carbons (Fsp3) is 0.357. The number of nitrogens with zero attached hydrogens (tertiary/aromatic N) is 1. The van der Waals surface area contributed by atoms with Gasteiger partial charge in [0.2, 0.25) is 0 Å². The van der Waals surface area contributed by atoms with Gasteiger partial charge >= 0.3 is 6.03 Å². The monoisotopic (exact) mass is 298 g/mol. The van der Waals surface area contributed by atoms with Gasteiger partial charge < -0.3 is 20.1 Å². The van der Waals surface area contributed by atoms with Crippen molar-refractivity contribution in [3.8, 4) is 5.75 Å². The van der Waals surface area contributed by atoms with E-state index >= 15 is 0 Å². The highest BCUT2D eigenvalue weighted by Crippen LogP contribution is 2.31. The summed E-state index contributed by atoms with van der Waals surface area (Å²) in [6.07, 6.45) is 1.60. The normalized spacial score (nSPS) is 10.0. The maximum absolute atomic E-state index is 12.1. The van der Waals surface area contributed by atoms with Gasteiger partial charge in [-0.2, -0.15) is 0 Å². The number of nitrogens with one attached hydrogen (secondary N) is 1. The van der Waals surface area contributed by atoms with Crippen molar-refractivity contribution in [1.29, 1.82) is 0 Å². The van der Waals surface area contributed by atoms with E-state index in [1.807, 2.05) is 6.92 Å². The van der Waals surface area contributed by atoms with Crippen LogP contribution >= 0.6 is 11.6 Å². The van der Waals surface area contributed by atoms with Gasteiger partial charge in [0, 0.05) is 24.2 Å². The molecule has 0 atom stereocenters. The van der Waals surface area contributed by atoms with Gasteiger partial charge in [-0.1, -0.05) is 17.7 Å². The molecule has 6 heteroatoms. The van der Waals surface area contributed by atoms with E-state index in [0.717, 1.165) is 5.56 Å². The molecule has 1 aromatic carbocycles. The third-order valence-corrected chi connectivity index (χ3v) is 3.14. The van der Waals surface area contributed by atoms with Gasteiger partial charge in [-0.15, -0.1) is 6.58 Å². The highest BCUT2D eigenvalue weighted by molar-refractivity contribution is 6.31. The first-order chi connectivity index (χ1) is 9.53. The summed E-state index contributed by atoms with van der Waals surface area (Å²) in [4.78, 5) is 13.6. The second-order valence-electron chi connectivity index (χ2n) is 4.19. The maximum Gasteiger partial charge on any atom is 0.322 e. The highest BCUT2D eigenvalue weighted by atomic mass is 35.5. The number of hydrogen-bond acceptors (Lipinski definition) is 3. The Kier molecular flexibility index (Phi) is 6.35. The Hall–Kier alpha value is -1.72. The molecule has 0 radical (unpaired) electrons. The van der Waals surface area contributed by atoms with E-state index in [9.17, 15) is 4.79 Å². The van der Waals surface area contributed by atoms with E-state index in [1.54, 1.807) is 18.2 Å². The van der Waals surface area contributed by atoms with E-state index < -0.39 is 0 Å². The van der Waals surface area contributed by atoms with Crippen LogP contribution in [0, 0.1) is 6.92 Å². The van der Waals surface area contributed by atoms with E-state index in [0.29, 0.717) is 23.0 Å². The minimum atomic E-state index is -0.334. The van der Waals surface area contributed by atoms with Crippen LogP contribution in [-0.2, 0) is 0 Å². The number of amides is 2. The Morgan fingerprint density at radius 1 is 1.60 bits per heavy atom. The number of methoxy groups -OCH3 is 1. The summed E-state index contributed by atoms with van der Waals surface area (Å²) in [7, 11) is 1.51. The van der Waals surface area contributed by atoms with E-state index in [1.165, 1.54) is 12.0 Å². The average Bonchev–Trinajstić information content (AvgIpc) is 2.42. The van der Waals surface area contributed by atoms with E-state index in [2.05, 4.69) is 11.9 Å². The molecule has 0 spiro atoms. The Morgan fingerprint density at radius 2 is 2.30 bits per heavy atom. The van der Waals surface area contributed by atoms with Gasteiger partial charge in [0.1, 0.15) is 5.75 Å². The standard InChI is InChI=1S/C14H19ClN2O3/c1-4-5-17(6-7-18)14(19)16-12-8-10(2)11(15)9-13(12)20-3/h4,8-9,18H,1,5-7H2,2-3H3,(H,16,19). The number of hydrogen-bond donors (Lipinski definition) is 2. The number of aliphatic hydroxyl groups excluding tert-OH is 1. The van der Waals surface area contributed by atoms with Crippen molar-refractivity contribution in [3.05, 3.63) is 35.4 Å². The molecule has 1 rings (SSSR count). The Bertz CT molecular complexity index is 492. The number of rotatable bonds is 6. The molecule has 0 saturated carbocycles. The highest BCUT2D eigenvalue weighted by Gasteiger charge is 2.15. The van der Waals surface area contributed by atoms with Crippen molar-refractivity contribution in [2.24, 2.45) is 0 Å². The van der Waals surface area contributed by atoms with Gasteiger partial charge in [-0.05, 0) is 18.6 Å². The lowest BCUT2D eigenvalue weighted by atomic mass is 10.2. The van der Waals surface area contributed by atoms with Crippen molar-refractivity contribution < 1.29 is 14.6 Å². The first-order valence-electron chi connectivity index (χ1n) is 6.15. The van der Waals surface area contributed by atoms with Crippen LogP contribution in [0.15, 0.2) is 24.8 Å². The predicted octanol–water partition coefficient (Wildman–Crippen LogP) is 2.67. The number of anilines is 1. The van der Waals surface area contributed by atoms with Crippen LogP contribution < -0.4 is 10.1 Å². The summed E-state index contributed by atoms with van der Waals surface area (Å²) < 4.78 is 5.19. The predicted molar refractivity (Wildman–Crippen MR) is 80.6 cm³/mol. The van der Waals surface area contributed by atoms with E-state index in [4.69, 9.17) is 21.4 Å². The first kappa shape index (κ1) is 16.3. The number of halogens is 1. The van der Waals surface area contributed by atoms with Crippen LogP contribution in [0.4, 0.5) is 10.5 Å². The van der Waals surface area contributed by atoms with Crippen molar-refractivity contribution >= 4 is 23.3 Å². The molecule has 0 bridgehead atoms. The van der Waals surface area contributed by atoms with Crippen LogP contribution in [-0.4, -0.2) is 42.8 Å². The summed E-state index contributed by atoms with van der Waals surface area (Å²) in [5, 5.41) is 12.3. The van der Waals surface area contributed by atoms with Crippen molar-refractivity contribution in [1.82, 2.24) is 4.90 Å². The number of carbonyl (C=O) groups excluding carboxylic acids is 1. The third-order valence-electron chi connectivity index (χ3n) is 2.73. The molecule has 2 amide bonds. The van der Waals surface area contributed by atoms with Gasteiger partial charge in [-0.3, -0.25) is 0 Å². The lowest BCUT2D eigenvalue weighted by Gasteiger charge is -2.21. The molecule has 0 aliphatic rings. The fourth-order valence-corrected chi connectivity index (χ4v) is 1.83. The summed E-state index contributed by atoms with van der Waals surface area (Å²) >= 11 is 6.01. The third kappa shape index (κ3) is 4.15. The number of aryl methyl sites for hydroxylation is 1. The SMILES string of the molecule is C=CCN(CCO)C(=O)Nc1cc(C)c(Cl)cc1OC. The van der Waals surface area contributed by atoms with Gasteiger partial charge in [0.15, 0.2) is 0 Å². The van der Waals surface area contributed by atoms with Crippen LogP contribution in [0.3, 0.4) is 0 Å². The molecular formula is C14H19ClN2O3. The molecular weight excluding hydrogens is 280 g/mol. The lowest BCUT2D eigenvalue weighted by Crippen LogP contribution is -2.37. The Balaban J connectivity index is 2.93. The van der Waals surface area contributed by atoms with Crippen molar-refractivity contribution in [3.63, 3.8) is 0 Å². The Labute approximate surface area is 123 Å². The first-order valence-corrected chi connectivity index (χ1v) is 6.53. The van der Waals surface area contributed by atoms with Gasteiger partial charge in [-0.25, -0.2) is 4.79 Å². The van der Waals surface area contributed by atoms with Crippen molar-refractivity contribution in [2.75, 3.05) is 32.1 Å². The minimum Gasteiger partial charge on any atom is -0.495 e. The zero-order chi connectivity index (χ0) is 15.1. The molecule has 0 aromatic heterocycles. The second-order valence-corrected chi connectivity index (χ2v) is 4.60. The molecule has 0 heterocycles. The topological polar surface area (TPSA) is 61.8 Å². The molecule has 5 nitrogen and oxygen atoms in total. The molecule has 0 aliphatic carbocycles. The number of benzene rings is 1.